The molecule has 0 saturated heterocycles. The van der Waals surface area contributed by atoms with Crippen molar-refractivity contribution in [1.82, 2.24) is 9.55 Å². The maximum atomic E-state index is 10.9. The van der Waals surface area contributed by atoms with Crippen molar-refractivity contribution in [3.05, 3.63) is 51.0 Å². The minimum absolute atomic E-state index is 0.132. The smallest absolute Gasteiger partial charge is 0.273 e. The van der Waals surface area contributed by atoms with Gasteiger partial charge in [0.05, 0.1) is 11.3 Å². The maximum absolute atomic E-state index is 10.9. The van der Waals surface area contributed by atoms with Crippen LogP contribution in [0.1, 0.15) is 18.4 Å². The lowest BCUT2D eigenvalue weighted by molar-refractivity contribution is -0.385. The first-order valence-electron chi connectivity index (χ1n) is 6.72. The van der Waals surface area contributed by atoms with Crippen LogP contribution in [0.4, 0.5) is 11.4 Å². The van der Waals surface area contributed by atoms with E-state index in [2.05, 4.69) is 26.2 Å². The van der Waals surface area contributed by atoms with Gasteiger partial charge in [-0.15, -0.1) is 0 Å². The van der Waals surface area contributed by atoms with Gasteiger partial charge in [-0.05, 0) is 41.8 Å². The zero-order valence-corrected chi connectivity index (χ0v) is 13.3. The fourth-order valence-electron chi connectivity index (χ4n) is 2.06. The highest BCUT2D eigenvalue weighted by Gasteiger charge is 2.13. The van der Waals surface area contributed by atoms with Crippen molar-refractivity contribution in [2.75, 3.05) is 11.9 Å². The normalized spacial score (nSPS) is 10.6. The third-order valence-corrected chi connectivity index (χ3v) is 3.86. The molecule has 1 aromatic heterocycles. The summed E-state index contributed by atoms with van der Waals surface area (Å²) in [6.45, 7) is 3.52. The van der Waals surface area contributed by atoms with Crippen LogP contribution in [0.2, 0.25) is 0 Å². The van der Waals surface area contributed by atoms with Gasteiger partial charge in [0.2, 0.25) is 0 Å². The average Bonchev–Trinajstić information content (AvgIpc) is 2.94. The van der Waals surface area contributed by atoms with Crippen molar-refractivity contribution in [3.8, 4) is 0 Å². The lowest BCUT2D eigenvalue weighted by Crippen LogP contribution is -2.05. The number of benzene rings is 1. The third-order valence-electron chi connectivity index (χ3n) is 3.20. The predicted molar refractivity (Wildman–Crippen MR) is 85.5 cm³/mol. The van der Waals surface area contributed by atoms with E-state index in [9.17, 15) is 10.1 Å². The highest BCUT2D eigenvalue weighted by Crippen LogP contribution is 2.30. The Morgan fingerprint density at radius 2 is 2.24 bits per heavy atom. The van der Waals surface area contributed by atoms with Crippen molar-refractivity contribution in [2.24, 2.45) is 0 Å². The zero-order chi connectivity index (χ0) is 15.2. The van der Waals surface area contributed by atoms with Crippen molar-refractivity contribution in [2.45, 2.75) is 26.3 Å². The van der Waals surface area contributed by atoms with E-state index in [-0.39, 0.29) is 10.6 Å². The molecule has 1 aromatic carbocycles. The summed E-state index contributed by atoms with van der Waals surface area (Å²) in [7, 11) is 0. The van der Waals surface area contributed by atoms with Crippen LogP contribution in [0.15, 0.2) is 35.3 Å². The molecule has 7 heteroatoms. The molecule has 0 saturated carbocycles. The molecule has 0 fully saturated rings. The van der Waals surface area contributed by atoms with Gasteiger partial charge in [0.25, 0.3) is 5.69 Å². The number of halogens is 1. The summed E-state index contributed by atoms with van der Waals surface area (Å²) >= 11 is 3.37. The van der Waals surface area contributed by atoms with Gasteiger partial charge in [-0.25, -0.2) is 4.98 Å². The van der Waals surface area contributed by atoms with Gasteiger partial charge in [-0.2, -0.15) is 0 Å². The molecule has 0 bridgehead atoms. The summed E-state index contributed by atoms with van der Waals surface area (Å²) in [5.74, 6) is 0. The molecule has 2 rings (SSSR count). The molecule has 0 unspecified atom stereocenters. The lowest BCUT2D eigenvalue weighted by Gasteiger charge is -2.10. The fraction of sp³-hybridized carbons (Fsp3) is 0.357. The van der Waals surface area contributed by atoms with Crippen LogP contribution >= 0.6 is 15.9 Å². The molecule has 0 radical (unpaired) electrons. The van der Waals surface area contributed by atoms with Crippen molar-refractivity contribution in [3.63, 3.8) is 0 Å². The van der Waals surface area contributed by atoms with E-state index in [1.165, 1.54) is 0 Å². The molecule has 0 spiro atoms. The Morgan fingerprint density at radius 3 is 2.90 bits per heavy atom. The second-order valence-electron chi connectivity index (χ2n) is 4.81. The van der Waals surface area contributed by atoms with E-state index in [4.69, 9.17) is 0 Å². The van der Waals surface area contributed by atoms with Crippen molar-refractivity contribution in [1.29, 1.82) is 0 Å². The Hall–Kier alpha value is -1.89. The van der Waals surface area contributed by atoms with E-state index >= 15 is 0 Å². The number of imidazole rings is 1. The molecule has 6 nitrogen and oxygen atoms in total. The second kappa shape index (κ2) is 7.21. The molecule has 112 valence electrons. The van der Waals surface area contributed by atoms with Crippen molar-refractivity contribution >= 4 is 27.3 Å². The predicted octanol–water partition coefficient (Wildman–Crippen LogP) is 3.75. The first-order valence-corrected chi connectivity index (χ1v) is 7.51. The van der Waals surface area contributed by atoms with Gasteiger partial charge < -0.3 is 9.88 Å². The molecule has 1 N–H and O–H groups in total. The van der Waals surface area contributed by atoms with Crippen LogP contribution in [0.25, 0.3) is 0 Å². The topological polar surface area (TPSA) is 73.0 Å². The Kier molecular flexibility index (Phi) is 5.32. The Morgan fingerprint density at radius 1 is 1.43 bits per heavy atom. The number of aromatic nitrogens is 2. The van der Waals surface area contributed by atoms with Crippen LogP contribution in [-0.4, -0.2) is 21.0 Å². The number of hydrogen-bond acceptors (Lipinski definition) is 4. The van der Waals surface area contributed by atoms with E-state index in [1.807, 2.05) is 17.1 Å². The van der Waals surface area contributed by atoms with E-state index < -0.39 is 0 Å². The average molecular weight is 353 g/mol. The summed E-state index contributed by atoms with van der Waals surface area (Å²) < 4.78 is 2.76. The SMILES string of the molecule is Cc1cc(NCCCCn2ccnc2)c(Br)cc1[N+](=O)[O-]. The van der Waals surface area contributed by atoms with Crippen LogP contribution in [-0.2, 0) is 6.54 Å². The highest BCUT2D eigenvalue weighted by molar-refractivity contribution is 9.10. The molecule has 0 atom stereocenters. The molecule has 0 aliphatic carbocycles. The molecular weight excluding hydrogens is 336 g/mol. The first kappa shape index (κ1) is 15.5. The van der Waals surface area contributed by atoms with Crippen LogP contribution in [0.3, 0.4) is 0 Å². The first-order chi connectivity index (χ1) is 10.1. The molecule has 0 aliphatic rings. The van der Waals surface area contributed by atoms with Gasteiger partial charge >= 0.3 is 0 Å². The highest BCUT2D eigenvalue weighted by atomic mass is 79.9. The number of nitro benzene ring substituents is 1. The monoisotopic (exact) mass is 352 g/mol. The Labute approximate surface area is 131 Å². The molecular formula is C14H17BrN4O2. The van der Waals surface area contributed by atoms with Crippen LogP contribution in [0, 0.1) is 17.0 Å². The maximum Gasteiger partial charge on any atom is 0.273 e. The Bertz CT molecular complexity index is 614. The summed E-state index contributed by atoms with van der Waals surface area (Å²) in [6, 6.07) is 3.35. The van der Waals surface area contributed by atoms with Gasteiger partial charge in [-0.1, -0.05) is 0 Å². The molecule has 2 aromatic rings. The quantitative estimate of drug-likeness (QED) is 0.467. The Balaban J connectivity index is 1.83. The van der Waals surface area contributed by atoms with Crippen molar-refractivity contribution < 1.29 is 4.92 Å². The van der Waals surface area contributed by atoms with E-state index in [0.29, 0.717) is 5.56 Å². The van der Waals surface area contributed by atoms with Gasteiger partial charge in [-0.3, -0.25) is 10.1 Å². The van der Waals surface area contributed by atoms with Crippen LogP contribution < -0.4 is 5.32 Å². The summed E-state index contributed by atoms with van der Waals surface area (Å²) in [6.07, 6.45) is 7.59. The zero-order valence-electron chi connectivity index (χ0n) is 11.8. The number of unbranched alkanes of at least 4 members (excludes halogenated alkanes) is 1. The minimum Gasteiger partial charge on any atom is -0.384 e. The second-order valence-corrected chi connectivity index (χ2v) is 5.66. The molecule has 1 heterocycles. The van der Waals surface area contributed by atoms with Gasteiger partial charge in [0, 0.05) is 47.3 Å². The summed E-state index contributed by atoms with van der Waals surface area (Å²) in [4.78, 5) is 14.5. The van der Waals surface area contributed by atoms with E-state index in [0.717, 1.165) is 36.1 Å². The number of rotatable bonds is 7. The number of nitro groups is 1. The number of hydrogen-bond donors (Lipinski definition) is 1. The third kappa shape index (κ3) is 4.29. The largest absolute Gasteiger partial charge is 0.384 e. The van der Waals surface area contributed by atoms with Gasteiger partial charge in [0.15, 0.2) is 0 Å². The van der Waals surface area contributed by atoms with Gasteiger partial charge in [0.1, 0.15) is 0 Å². The standard InChI is InChI=1S/C14H17BrN4O2/c1-11-8-13(12(15)9-14(11)19(20)21)17-4-2-3-6-18-7-5-16-10-18/h5,7-10,17H,2-4,6H2,1H3. The number of aryl methyl sites for hydroxylation is 2. The number of nitrogens with one attached hydrogen (secondary N) is 1. The summed E-state index contributed by atoms with van der Waals surface area (Å²) in [5.41, 5.74) is 1.68. The number of anilines is 1. The summed E-state index contributed by atoms with van der Waals surface area (Å²) in [5, 5.41) is 14.2. The lowest BCUT2D eigenvalue weighted by atomic mass is 10.2. The van der Waals surface area contributed by atoms with E-state index in [1.54, 1.807) is 25.3 Å². The van der Waals surface area contributed by atoms with Crippen LogP contribution in [0.5, 0.6) is 0 Å². The number of nitrogens with zero attached hydrogens (tertiary/aromatic N) is 3. The molecule has 0 aliphatic heterocycles. The minimum atomic E-state index is -0.366. The fourth-order valence-corrected chi connectivity index (χ4v) is 2.54. The molecule has 21 heavy (non-hydrogen) atoms. The molecule has 0 amide bonds.